The van der Waals surface area contributed by atoms with Gasteiger partial charge < -0.3 is 0 Å². The van der Waals surface area contributed by atoms with E-state index >= 15 is 0 Å². The normalized spacial score (nSPS) is 13.9. The number of benzene rings is 1. The molecule has 0 fully saturated rings. The summed E-state index contributed by atoms with van der Waals surface area (Å²) in [5.41, 5.74) is 0.479. The number of hydrogen-bond acceptors (Lipinski definition) is 2. The second kappa shape index (κ2) is 6.10. The summed E-state index contributed by atoms with van der Waals surface area (Å²) in [4.78, 5) is 0. The molecule has 0 unspecified atom stereocenters. The molecule has 0 aliphatic carbocycles. The zero-order valence-corrected chi connectivity index (χ0v) is 12.8. The van der Waals surface area contributed by atoms with E-state index in [4.69, 9.17) is 0 Å². The van der Waals surface area contributed by atoms with Crippen molar-refractivity contribution in [3.63, 3.8) is 0 Å². The molecule has 0 saturated carbocycles. The van der Waals surface area contributed by atoms with Crippen molar-refractivity contribution in [3.05, 3.63) is 34.1 Å². The summed E-state index contributed by atoms with van der Waals surface area (Å²) in [5, 5.41) is 0. The van der Waals surface area contributed by atoms with Crippen molar-refractivity contribution < 1.29 is 12.8 Å². The summed E-state index contributed by atoms with van der Waals surface area (Å²) in [5.74, 6) is -0.347. The van der Waals surface area contributed by atoms with Crippen LogP contribution in [-0.2, 0) is 16.6 Å². The Bertz CT molecular complexity index is 520. The molecule has 0 aliphatic rings. The predicted molar refractivity (Wildman–Crippen MR) is 73.0 cm³/mol. The second-order valence-corrected chi connectivity index (χ2v) is 7.08. The van der Waals surface area contributed by atoms with Crippen molar-refractivity contribution in [2.45, 2.75) is 19.4 Å². The molecule has 4 nitrogen and oxygen atoms in total. The van der Waals surface area contributed by atoms with E-state index < -0.39 is 10.2 Å². The van der Waals surface area contributed by atoms with E-state index in [9.17, 15) is 12.8 Å². The Morgan fingerprint density at radius 3 is 2.56 bits per heavy atom. The van der Waals surface area contributed by atoms with Crippen LogP contribution in [0.2, 0.25) is 0 Å². The van der Waals surface area contributed by atoms with E-state index in [1.807, 2.05) is 0 Å². The molecule has 1 rings (SSSR count). The van der Waals surface area contributed by atoms with Crippen LogP contribution in [0.4, 0.5) is 4.39 Å². The van der Waals surface area contributed by atoms with Gasteiger partial charge in [0.15, 0.2) is 0 Å². The Balaban J connectivity index is 2.74. The van der Waals surface area contributed by atoms with E-state index in [0.29, 0.717) is 16.5 Å². The van der Waals surface area contributed by atoms with Crippen molar-refractivity contribution in [2.75, 3.05) is 14.1 Å². The smallest absolute Gasteiger partial charge is 0.207 e. The molecule has 1 atom stereocenters. The summed E-state index contributed by atoms with van der Waals surface area (Å²) in [6, 6.07) is 4.35. The molecular weight excluding hydrogens is 323 g/mol. The minimum atomic E-state index is -3.49. The minimum Gasteiger partial charge on any atom is -0.207 e. The number of hydrogen-bond donors (Lipinski definition) is 1. The van der Waals surface area contributed by atoms with Gasteiger partial charge in [0.05, 0.1) is 0 Å². The first-order valence-corrected chi connectivity index (χ1v) is 7.59. The first-order chi connectivity index (χ1) is 8.22. The summed E-state index contributed by atoms with van der Waals surface area (Å²) in [6.45, 7) is 1.70. The van der Waals surface area contributed by atoms with Gasteiger partial charge in [-0.3, -0.25) is 0 Å². The predicted octanol–water partition coefficient (Wildman–Crippen LogP) is 1.92. The molecule has 18 heavy (non-hydrogen) atoms. The average molecular weight is 339 g/mol. The highest BCUT2D eigenvalue weighted by molar-refractivity contribution is 9.10. The Kier molecular flexibility index (Phi) is 5.27. The van der Waals surface area contributed by atoms with Gasteiger partial charge in [0.1, 0.15) is 5.82 Å². The SMILES string of the molecule is C[C@H](Cc1ccc(Br)cc1F)NS(=O)(=O)N(C)C. The zero-order valence-electron chi connectivity index (χ0n) is 10.4. The third kappa shape index (κ3) is 4.31. The molecule has 7 heteroatoms. The molecule has 0 radical (unpaired) electrons. The molecule has 0 heterocycles. The van der Waals surface area contributed by atoms with Crippen LogP contribution in [0.1, 0.15) is 12.5 Å². The van der Waals surface area contributed by atoms with Crippen LogP contribution in [0, 0.1) is 5.82 Å². The lowest BCUT2D eigenvalue weighted by atomic mass is 10.1. The third-order valence-corrected chi connectivity index (χ3v) is 4.53. The van der Waals surface area contributed by atoms with Crippen LogP contribution in [0.15, 0.2) is 22.7 Å². The molecule has 0 bridgehead atoms. The van der Waals surface area contributed by atoms with Crippen molar-refractivity contribution in [1.82, 2.24) is 9.03 Å². The first-order valence-electron chi connectivity index (χ1n) is 5.36. The number of nitrogens with one attached hydrogen (secondary N) is 1. The lowest BCUT2D eigenvalue weighted by Crippen LogP contribution is -2.41. The number of rotatable bonds is 5. The van der Waals surface area contributed by atoms with Crippen LogP contribution >= 0.6 is 15.9 Å². The summed E-state index contributed by atoms with van der Waals surface area (Å²) < 4.78 is 41.0. The Labute approximate surface area is 115 Å². The van der Waals surface area contributed by atoms with Gasteiger partial charge in [0.25, 0.3) is 10.2 Å². The van der Waals surface area contributed by atoms with Gasteiger partial charge >= 0.3 is 0 Å². The maximum atomic E-state index is 13.6. The van der Waals surface area contributed by atoms with E-state index in [1.54, 1.807) is 19.1 Å². The van der Waals surface area contributed by atoms with Crippen LogP contribution in [0.25, 0.3) is 0 Å². The fraction of sp³-hybridized carbons (Fsp3) is 0.455. The number of halogens is 2. The lowest BCUT2D eigenvalue weighted by molar-refractivity contribution is 0.488. The summed E-state index contributed by atoms with van der Waals surface area (Å²) >= 11 is 3.17. The average Bonchev–Trinajstić information content (AvgIpc) is 2.21. The summed E-state index contributed by atoms with van der Waals surface area (Å²) in [6.07, 6.45) is 0.298. The zero-order chi connectivity index (χ0) is 13.9. The highest BCUT2D eigenvalue weighted by Crippen LogP contribution is 2.16. The van der Waals surface area contributed by atoms with Crippen LogP contribution in [0.3, 0.4) is 0 Å². The van der Waals surface area contributed by atoms with Gasteiger partial charge in [-0.25, -0.2) is 4.39 Å². The monoisotopic (exact) mass is 338 g/mol. The Hall–Kier alpha value is -0.500. The third-order valence-electron chi connectivity index (χ3n) is 2.37. The Morgan fingerprint density at radius 1 is 1.44 bits per heavy atom. The molecule has 1 aromatic carbocycles. The molecule has 0 amide bonds. The van der Waals surface area contributed by atoms with Crippen molar-refractivity contribution >= 4 is 26.1 Å². The van der Waals surface area contributed by atoms with Gasteiger partial charge in [-0.05, 0) is 31.0 Å². The molecule has 0 aromatic heterocycles. The maximum absolute atomic E-state index is 13.6. The molecule has 1 N–H and O–H groups in total. The maximum Gasteiger partial charge on any atom is 0.279 e. The van der Waals surface area contributed by atoms with Crippen LogP contribution in [0.5, 0.6) is 0 Å². The molecule has 0 aliphatic heterocycles. The molecule has 1 aromatic rings. The standard InChI is InChI=1S/C11H16BrFN2O2S/c1-8(14-18(16,17)15(2)3)6-9-4-5-10(12)7-11(9)13/h4-5,7-8,14H,6H2,1-3H3/t8-/m1/s1. The van der Waals surface area contributed by atoms with Crippen molar-refractivity contribution in [3.8, 4) is 0 Å². The minimum absolute atomic E-state index is 0.298. The largest absolute Gasteiger partial charge is 0.279 e. The highest BCUT2D eigenvalue weighted by atomic mass is 79.9. The van der Waals surface area contributed by atoms with E-state index in [1.165, 1.54) is 20.2 Å². The topological polar surface area (TPSA) is 49.4 Å². The van der Waals surface area contributed by atoms with Gasteiger partial charge in [0.2, 0.25) is 0 Å². The second-order valence-electron chi connectivity index (χ2n) is 4.25. The van der Waals surface area contributed by atoms with Gasteiger partial charge in [0, 0.05) is 24.6 Å². The summed E-state index contributed by atoms with van der Waals surface area (Å²) in [7, 11) is -0.607. The van der Waals surface area contributed by atoms with Crippen LogP contribution < -0.4 is 4.72 Å². The highest BCUT2D eigenvalue weighted by Gasteiger charge is 2.17. The Morgan fingerprint density at radius 2 is 2.06 bits per heavy atom. The fourth-order valence-electron chi connectivity index (χ4n) is 1.42. The molecule has 102 valence electrons. The van der Waals surface area contributed by atoms with Crippen molar-refractivity contribution in [1.29, 1.82) is 0 Å². The van der Waals surface area contributed by atoms with E-state index in [0.717, 1.165) is 4.31 Å². The number of nitrogens with zero attached hydrogens (tertiary/aromatic N) is 1. The van der Waals surface area contributed by atoms with Gasteiger partial charge in [-0.15, -0.1) is 0 Å². The van der Waals surface area contributed by atoms with Crippen LogP contribution in [-0.4, -0.2) is 32.9 Å². The molecule has 0 spiro atoms. The van der Waals surface area contributed by atoms with Gasteiger partial charge in [-0.1, -0.05) is 22.0 Å². The quantitative estimate of drug-likeness (QED) is 0.891. The van der Waals surface area contributed by atoms with E-state index in [2.05, 4.69) is 20.7 Å². The van der Waals surface area contributed by atoms with Gasteiger partial charge in [-0.2, -0.15) is 17.4 Å². The van der Waals surface area contributed by atoms with Crippen molar-refractivity contribution in [2.24, 2.45) is 0 Å². The van der Waals surface area contributed by atoms with E-state index in [-0.39, 0.29) is 11.9 Å². The lowest BCUT2D eigenvalue weighted by Gasteiger charge is -2.18. The first kappa shape index (κ1) is 15.6. The molecule has 0 saturated heterocycles. The molecular formula is C11H16BrFN2O2S. The fourth-order valence-corrected chi connectivity index (χ4v) is 2.55.